The van der Waals surface area contributed by atoms with Gasteiger partial charge in [-0.3, -0.25) is 14.6 Å². The van der Waals surface area contributed by atoms with Crippen molar-refractivity contribution in [3.63, 3.8) is 0 Å². The number of hydrogen-bond acceptors (Lipinski definition) is 4. The number of benzene rings is 1. The van der Waals surface area contributed by atoms with Crippen LogP contribution >= 0.6 is 0 Å². The Bertz CT molecular complexity index is 717. The SMILES string of the molecule is CCN1CCC2(CN(CCOC)CC23CCN(Cc2ccc(F)cc2)CC3)C1=O. The largest absolute Gasteiger partial charge is 0.383 e. The van der Waals surface area contributed by atoms with Crippen LogP contribution in [0.3, 0.4) is 0 Å². The molecule has 0 N–H and O–H groups in total. The fourth-order valence-corrected chi connectivity index (χ4v) is 5.96. The van der Waals surface area contributed by atoms with Crippen molar-refractivity contribution in [1.82, 2.24) is 14.7 Å². The van der Waals surface area contributed by atoms with Crippen LogP contribution in [-0.4, -0.2) is 80.1 Å². The van der Waals surface area contributed by atoms with Crippen LogP contribution < -0.4 is 0 Å². The Labute approximate surface area is 173 Å². The molecule has 5 nitrogen and oxygen atoms in total. The first-order valence-corrected chi connectivity index (χ1v) is 11.0. The van der Waals surface area contributed by atoms with Gasteiger partial charge < -0.3 is 9.64 Å². The quantitative estimate of drug-likeness (QED) is 0.732. The van der Waals surface area contributed by atoms with Gasteiger partial charge in [0, 0.05) is 51.8 Å². The number of ether oxygens (including phenoxy) is 1. The van der Waals surface area contributed by atoms with Crippen molar-refractivity contribution in [1.29, 1.82) is 0 Å². The monoisotopic (exact) mass is 403 g/mol. The number of carbonyl (C=O) groups is 1. The van der Waals surface area contributed by atoms with E-state index in [1.165, 1.54) is 12.1 Å². The van der Waals surface area contributed by atoms with Gasteiger partial charge in [0.2, 0.25) is 5.91 Å². The minimum atomic E-state index is -0.223. The number of piperidine rings is 1. The zero-order valence-electron chi connectivity index (χ0n) is 17.8. The van der Waals surface area contributed by atoms with Crippen molar-refractivity contribution in [2.24, 2.45) is 10.8 Å². The lowest BCUT2D eigenvalue weighted by molar-refractivity contribution is -0.142. The van der Waals surface area contributed by atoms with E-state index >= 15 is 0 Å². The van der Waals surface area contributed by atoms with Gasteiger partial charge >= 0.3 is 0 Å². The molecule has 0 aromatic heterocycles. The number of fused-ring (bicyclic) bond motifs is 1. The molecule has 3 aliphatic heterocycles. The van der Waals surface area contributed by atoms with E-state index in [-0.39, 0.29) is 16.6 Å². The third kappa shape index (κ3) is 3.71. The van der Waals surface area contributed by atoms with E-state index in [4.69, 9.17) is 4.74 Å². The van der Waals surface area contributed by atoms with Gasteiger partial charge in [-0.25, -0.2) is 4.39 Å². The highest BCUT2D eigenvalue weighted by Gasteiger charge is 2.64. The number of nitrogens with zero attached hydrogens (tertiary/aromatic N) is 3. The molecule has 3 fully saturated rings. The molecular weight excluding hydrogens is 369 g/mol. The number of halogens is 1. The van der Waals surface area contributed by atoms with Crippen molar-refractivity contribution in [3.05, 3.63) is 35.6 Å². The van der Waals surface area contributed by atoms with E-state index in [1.807, 2.05) is 12.1 Å². The molecule has 1 aromatic rings. The van der Waals surface area contributed by atoms with Gasteiger partial charge in [0.25, 0.3) is 0 Å². The van der Waals surface area contributed by atoms with Gasteiger partial charge in [0.15, 0.2) is 0 Å². The van der Waals surface area contributed by atoms with E-state index in [9.17, 15) is 9.18 Å². The van der Waals surface area contributed by atoms with Gasteiger partial charge in [-0.15, -0.1) is 0 Å². The predicted octanol–water partition coefficient (Wildman–Crippen LogP) is 2.61. The van der Waals surface area contributed by atoms with Crippen LogP contribution in [0.15, 0.2) is 24.3 Å². The van der Waals surface area contributed by atoms with Gasteiger partial charge in [-0.1, -0.05) is 12.1 Å². The van der Waals surface area contributed by atoms with E-state index in [0.29, 0.717) is 12.5 Å². The van der Waals surface area contributed by atoms with Gasteiger partial charge in [0.1, 0.15) is 5.82 Å². The third-order valence-electron chi connectivity index (χ3n) is 7.67. The fraction of sp³-hybridized carbons (Fsp3) is 0.696. The Kier molecular flexibility index (Phi) is 5.96. The second-order valence-electron chi connectivity index (χ2n) is 9.10. The highest BCUT2D eigenvalue weighted by molar-refractivity contribution is 5.86. The summed E-state index contributed by atoms with van der Waals surface area (Å²) in [5.41, 5.74) is 0.999. The van der Waals surface area contributed by atoms with Crippen molar-refractivity contribution < 1.29 is 13.9 Å². The standard InChI is InChI=1S/C23H34FN3O2/c1-3-27-13-10-23(21(27)28)18-26(14-15-29-2)17-22(23)8-11-25(12-9-22)16-19-4-6-20(24)7-5-19/h4-7H,3,8-18H2,1-2H3. The highest BCUT2D eigenvalue weighted by atomic mass is 19.1. The van der Waals surface area contributed by atoms with Crippen LogP contribution in [-0.2, 0) is 16.1 Å². The summed E-state index contributed by atoms with van der Waals surface area (Å²) in [4.78, 5) is 20.5. The van der Waals surface area contributed by atoms with Crippen molar-refractivity contribution >= 4 is 5.91 Å². The normalized spacial score (nSPS) is 27.6. The van der Waals surface area contributed by atoms with Gasteiger partial charge in [-0.2, -0.15) is 0 Å². The Balaban J connectivity index is 1.49. The Hall–Kier alpha value is -1.50. The molecule has 3 aliphatic rings. The van der Waals surface area contributed by atoms with Crippen molar-refractivity contribution in [2.45, 2.75) is 32.7 Å². The Morgan fingerprint density at radius 1 is 1.03 bits per heavy atom. The molecule has 4 rings (SSSR count). The lowest BCUT2D eigenvalue weighted by atomic mass is 9.60. The summed E-state index contributed by atoms with van der Waals surface area (Å²) in [5, 5.41) is 0. The Morgan fingerprint density at radius 2 is 1.76 bits per heavy atom. The average Bonchev–Trinajstić information content (AvgIpc) is 3.22. The summed E-state index contributed by atoms with van der Waals surface area (Å²) in [6.45, 7) is 10.1. The fourth-order valence-electron chi connectivity index (χ4n) is 5.96. The maximum atomic E-state index is 13.5. The number of hydrogen-bond donors (Lipinski definition) is 0. The molecule has 0 aliphatic carbocycles. The van der Waals surface area contributed by atoms with Crippen molar-refractivity contribution in [3.8, 4) is 0 Å². The summed E-state index contributed by atoms with van der Waals surface area (Å²) in [6, 6.07) is 6.83. The van der Waals surface area contributed by atoms with E-state index in [2.05, 4.69) is 21.6 Å². The first kappa shape index (κ1) is 20.8. The summed E-state index contributed by atoms with van der Waals surface area (Å²) < 4.78 is 18.5. The smallest absolute Gasteiger partial charge is 0.230 e. The second-order valence-corrected chi connectivity index (χ2v) is 9.10. The molecule has 0 saturated carbocycles. The molecule has 0 bridgehead atoms. The summed E-state index contributed by atoms with van der Waals surface area (Å²) in [5.74, 6) is 0.197. The molecule has 1 atom stereocenters. The zero-order valence-corrected chi connectivity index (χ0v) is 17.8. The molecular formula is C23H34FN3O2. The van der Waals surface area contributed by atoms with Gasteiger partial charge in [-0.05, 0) is 57.0 Å². The number of likely N-dealkylation sites (tertiary alicyclic amines) is 3. The van der Waals surface area contributed by atoms with Gasteiger partial charge in [0.05, 0.1) is 12.0 Å². The zero-order chi connectivity index (χ0) is 20.5. The maximum Gasteiger partial charge on any atom is 0.230 e. The number of rotatable bonds is 6. The molecule has 29 heavy (non-hydrogen) atoms. The maximum absolute atomic E-state index is 13.5. The number of amides is 1. The third-order valence-corrected chi connectivity index (χ3v) is 7.67. The summed E-state index contributed by atoms with van der Waals surface area (Å²) >= 11 is 0. The predicted molar refractivity (Wildman–Crippen MR) is 111 cm³/mol. The molecule has 160 valence electrons. The first-order chi connectivity index (χ1) is 14.0. The summed E-state index contributed by atoms with van der Waals surface area (Å²) in [6.07, 6.45) is 3.10. The highest BCUT2D eigenvalue weighted by Crippen LogP contribution is 2.57. The van der Waals surface area contributed by atoms with Crippen LogP contribution in [0.1, 0.15) is 31.7 Å². The molecule has 1 unspecified atom stereocenters. The van der Waals surface area contributed by atoms with Crippen LogP contribution in [0.5, 0.6) is 0 Å². The molecule has 0 radical (unpaired) electrons. The van der Waals surface area contributed by atoms with Crippen LogP contribution in [0, 0.1) is 16.6 Å². The average molecular weight is 404 g/mol. The van der Waals surface area contributed by atoms with E-state index in [1.54, 1.807) is 7.11 Å². The van der Waals surface area contributed by atoms with Crippen molar-refractivity contribution in [2.75, 3.05) is 59.5 Å². The topological polar surface area (TPSA) is 36.0 Å². The molecule has 2 spiro atoms. The van der Waals surface area contributed by atoms with E-state index in [0.717, 1.165) is 77.2 Å². The minimum Gasteiger partial charge on any atom is -0.383 e. The molecule has 1 amide bonds. The first-order valence-electron chi connectivity index (χ1n) is 11.0. The van der Waals surface area contributed by atoms with Crippen LogP contribution in [0.25, 0.3) is 0 Å². The van der Waals surface area contributed by atoms with Crippen LogP contribution in [0.2, 0.25) is 0 Å². The summed E-state index contributed by atoms with van der Waals surface area (Å²) in [7, 11) is 1.75. The second kappa shape index (κ2) is 8.32. The molecule has 1 aromatic carbocycles. The molecule has 3 saturated heterocycles. The van der Waals surface area contributed by atoms with Crippen LogP contribution in [0.4, 0.5) is 4.39 Å². The minimum absolute atomic E-state index is 0.0705. The molecule has 6 heteroatoms. The molecule has 3 heterocycles. The van der Waals surface area contributed by atoms with E-state index < -0.39 is 0 Å². The lowest BCUT2D eigenvalue weighted by Gasteiger charge is -2.47. The number of carbonyl (C=O) groups excluding carboxylic acids is 1. The Morgan fingerprint density at radius 3 is 2.38 bits per heavy atom. The number of methoxy groups -OCH3 is 1. The lowest BCUT2D eigenvalue weighted by Crippen LogP contribution is -2.52.